The van der Waals surface area contributed by atoms with Gasteiger partial charge in [-0.25, -0.2) is 0 Å². The van der Waals surface area contributed by atoms with Crippen LogP contribution in [0.2, 0.25) is 0 Å². The molecular weight excluding hydrogens is 581 g/mol. The Morgan fingerprint density at radius 1 is 0.650 bits per heavy atom. The Bertz CT molecular complexity index is 865. The van der Waals surface area contributed by atoms with Crippen LogP contribution >= 0.6 is 50.5 Å². The fourth-order valence-electron chi connectivity index (χ4n) is 5.25. The number of thiol groups is 4. The van der Waals surface area contributed by atoms with Gasteiger partial charge in [0, 0.05) is 39.1 Å². The van der Waals surface area contributed by atoms with E-state index < -0.39 is 12.1 Å². The van der Waals surface area contributed by atoms with Crippen molar-refractivity contribution in [1.29, 1.82) is 0 Å². The van der Waals surface area contributed by atoms with E-state index in [2.05, 4.69) is 87.0 Å². The number of hydrogen-bond donors (Lipinski definition) is 4. The minimum absolute atomic E-state index is 0.0281. The molecule has 2 unspecified atom stereocenters. The second-order valence-corrected chi connectivity index (χ2v) is 12.2. The van der Waals surface area contributed by atoms with E-state index in [-0.39, 0.29) is 24.0 Å². The van der Waals surface area contributed by atoms with E-state index in [1.165, 1.54) is 0 Å². The van der Waals surface area contributed by atoms with E-state index in [0.29, 0.717) is 50.7 Å². The van der Waals surface area contributed by atoms with Gasteiger partial charge < -0.3 is 19.3 Å². The molecule has 6 nitrogen and oxygen atoms in total. The highest BCUT2D eigenvalue weighted by Crippen LogP contribution is 2.30. The molecule has 0 saturated carbocycles. The lowest BCUT2D eigenvalue weighted by atomic mass is 9.91. The van der Waals surface area contributed by atoms with Gasteiger partial charge in [-0.15, -0.1) is 0 Å². The average molecular weight is 627 g/mol. The van der Waals surface area contributed by atoms with Gasteiger partial charge in [0.1, 0.15) is 12.1 Å². The first kappa shape index (κ1) is 33.7. The van der Waals surface area contributed by atoms with Crippen LogP contribution in [0.5, 0.6) is 0 Å². The number of allylic oxidation sites excluding steroid dienone is 2. The second-order valence-electron chi connectivity index (χ2n) is 10.4. The minimum atomic E-state index is -0.512. The lowest BCUT2D eigenvalue weighted by molar-refractivity contribution is -0.161. The van der Waals surface area contributed by atoms with Crippen molar-refractivity contribution in [2.24, 2.45) is 0 Å². The Hall–Kier alpha value is -0.780. The summed E-state index contributed by atoms with van der Waals surface area (Å²) in [6.07, 6.45) is 18.5. The van der Waals surface area contributed by atoms with E-state index in [1.54, 1.807) is 0 Å². The molecule has 10 heteroatoms. The molecule has 1 saturated heterocycles. The highest BCUT2D eigenvalue weighted by Gasteiger charge is 2.45. The number of nitrogens with zero attached hydrogens (tertiary/aromatic N) is 2. The molecule has 0 spiro atoms. The normalized spacial score (nSPS) is 25.0. The number of carbonyl (C=O) groups is 2. The van der Waals surface area contributed by atoms with Gasteiger partial charge in [-0.1, -0.05) is 36.5 Å². The van der Waals surface area contributed by atoms with Gasteiger partial charge in [0.2, 0.25) is 11.8 Å². The fourth-order valence-corrected chi connectivity index (χ4v) is 5.79. The monoisotopic (exact) mass is 626 g/mol. The molecular formula is C30H46N2O4S4. The number of rotatable bonds is 18. The fraction of sp³-hybridized carbons (Fsp3) is 0.667. The van der Waals surface area contributed by atoms with Crippen molar-refractivity contribution in [3.05, 3.63) is 47.6 Å². The molecule has 2 amide bonds. The SMILES string of the molecule is O=C1[C@H](CC2=CCC(OCCCS)C=C2)N(CCCS)C(=O)[C@H](CC2=CCC(OCCCS)C=C2)N1CCCS. The molecule has 3 rings (SSSR count). The van der Waals surface area contributed by atoms with Gasteiger partial charge in [-0.05, 0) is 72.7 Å². The topological polar surface area (TPSA) is 59.1 Å². The third kappa shape index (κ3) is 10.2. The third-order valence-electron chi connectivity index (χ3n) is 7.40. The molecule has 224 valence electrons. The first-order valence-electron chi connectivity index (χ1n) is 14.5. The zero-order valence-electron chi connectivity index (χ0n) is 23.4. The van der Waals surface area contributed by atoms with E-state index in [9.17, 15) is 9.59 Å². The molecule has 0 bridgehead atoms. The van der Waals surface area contributed by atoms with Gasteiger partial charge in [-0.3, -0.25) is 9.59 Å². The molecule has 0 aromatic heterocycles. The second kappa shape index (κ2) is 18.7. The quantitative estimate of drug-likeness (QED) is 0.128. The Labute approximate surface area is 262 Å². The van der Waals surface area contributed by atoms with E-state index >= 15 is 0 Å². The van der Waals surface area contributed by atoms with Crippen LogP contribution in [-0.4, -0.2) is 95.2 Å². The maximum atomic E-state index is 14.1. The first-order chi connectivity index (χ1) is 19.5. The summed E-state index contributed by atoms with van der Waals surface area (Å²) in [5.74, 6) is 2.99. The van der Waals surface area contributed by atoms with Crippen LogP contribution in [0, 0.1) is 0 Å². The zero-order chi connectivity index (χ0) is 28.7. The molecule has 4 atom stereocenters. The van der Waals surface area contributed by atoms with Gasteiger partial charge in [0.15, 0.2) is 0 Å². The number of hydrogen-bond acceptors (Lipinski definition) is 8. The van der Waals surface area contributed by atoms with Crippen molar-refractivity contribution in [3.63, 3.8) is 0 Å². The molecule has 0 aromatic carbocycles. The Morgan fingerprint density at radius 2 is 1.05 bits per heavy atom. The van der Waals surface area contributed by atoms with E-state index in [0.717, 1.165) is 61.2 Å². The zero-order valence-corrected chi connectivity index (χ0v) is 27.0. The smallest absolute Gasteiger partial charge is 0.246 e. The average Bonchev–Trinajstić information content (AvgIpc) is 2.97. The summed E-state index contributed by atoms with van der Waals surface area (Å²) in [5, 5.41) is 0. The van der Waals surface area contributed by atoms with Crippen LogP contribution < -0.4 is 0 Å². The number of piperazine rings is 1. The van der Waals surface area contributed by atoms with Crippen LogP contribution in [0.1, 0.15) is 51.4 Å². The minimum Gasteiger partial charge on any atom is -0.374 e. The standard InChI is InChI=1S/C30H46N2O4S4/c33-29-28(22-24-7-11-26(12-8-24)36-16-4-20-40)32(14-2-18-38)30(34)27(31(29)13-1-17-37)21-23-5-9-25(10-6-23)35-15-3-19-39/h5-9,11,25-28,37-40H,1-4,10,12-22H2/t25?,26?,27-,28-/m0/s1. The first-order valence-corrected chi connectivity index (χ1v) is 17.1. The predicted octanol–water partition coefficient (Wildman–Crippen LogP) is 5.00. The van der Waals surface area contributed by atoms with Crippen LogP contribution in [-0.2, 0) is 19.1 Å². The third-order valence-corrected chi connectivity index (χ3v) is 8.67. The lowest BCUT2D eigenvalue weighted by Crippen LogP contribution is -2.65. The van der Waals surface area contributed by atoms with Crippen LogP contribution in [0.25, 0.3) is 0 Å². The van der Waals surface area contributed by atoms with Crippen molar-refractivity contribution in [1.82, 2.24) is 9.80 Å². The summed E-state index contributed by atoms with van der Waals surface area (Å²) < 4.78 is 11.8. The highest BCUT2D eigenvalue weighted by molar-refractivity contribution is 7.80. The van der Waals surface area contributed by atoms with Gasteiger partial charge in [-0.2, -0.15) is 50.5 Å². The Kier molecular flexibility index (Phi) is 15.8. The van der Waals surface area contributed by atoms with Crippen molar-refractivity contribution in [2.75, 3.05) is 49.3 Å². The largest absolute Gasteiger partial charge is 0.374 e. The molecule has 3 aliphatic rings. The van der Waals surface area contributed by atoms with Crippen LogP contribution in [0.4, 0.5) is 0 Å². The molecule has 0 radical (unpaired) electrons. The van der Waals surface area contributed by atoms with Crippen molar-refractivity contribution >= 4 is 62.3 Å². The van der Waals surface area contributed by atoms with Crippen molar-refractivity contribution in [3.8, 4) is 0 Å². The summed E-state index contributed by atoms with van der Waals surface area (Å²) in [4.78, 5) is 31.8. The van der Waals surface area contributed by atoms with E-state index in [1.807, 2.05) is 9.80 Å². The number of carbonyl (C=O) groups excluding carboxylic acids is 2. The summed E-state index contributed by atoms with van der Waals surface area (Å²) in [6.45, 7) is 2.42. The van der Waals surface area contributed by atoms with Gasteiger partial charge in [0.05, 0.1) is 12.2 Å². The van der Waals surface area contributed by atoms with E-state index in [4.69, 9.17) is 9.47 Å². The van der Waals surface area contributed by atoms with Gasteiger partial charge in [0.25, 0.3) is 0 Å². The molecule has 0 aromatic rings. The molecule has 2 aliphatic carbocycles. The van der Waals surface area contributed by atoms with Crippen LogP contribution in [0.3, 0.4) is 0 Å². The lowest BCUT2D eigenvalue weighted by Gasteiger charge is -2.46. The Balaban J connectivity index is 1.73. The maximum Gasteiger partial charge on any atom is 0.246 e. The molecule has 40 heavy (non-hydrogen) atoms. The summed E-state index contributed by atoms with van der Waals surface area (Å²) in [5.41, 5.74) is 2.15. The Morgan fingerprint density at radius 3 is 1.38 bits per heavy atom. The molecule has 1 heterocycles. The number of ether oxygens (including phenoxy) is 2. The summed E-state index contributed by atoms with van der Waals surface area (Å²) >= 11 is 17.3. The van der Waals surface area contributed by atoms with Crippen molar-refractivity contribution < 1.29 is 19.1 Å². The summed E-state index contributed by atoms with van der Waals surface area (Å²) in [7, 11) is 0. The van der Waals surface area contributed by atoms with Crippen LogP contribution in [0.15, 0.2) is 47.6 Å². The maximum absolute atomic E-state index is 14.1. The summed E-state index contributed by atoms with van der Waals surface area (Å²) in [6, 6.07) is -1.02. The molecule has 1 aliphatic heterocycles. The van der Waals surface area contributed by atoms with Gasteiger partial charge >= 0.3 is 0 Å². The van der Waals surface area contributed by atoms with Crippen molar-refractivity contribution in [2.45, 2.75) is 75.7 Å². The number of amides is 2. The highest BCUT2D eigenvalue weighted by atomic mass is 32.1. The predicted molar refractivity (Wildman–Crippen MR) is 177 cm³/mol. The molecule has 0 N–H and O–H groups in total. The molecule has 1 fully saturated rings.